The summed E-state index contributed by atoms with van der Waals surface area (Å²) < 4.78 is 17.0. The summed E-state index contributed by atoms with van der Waals surface area (Å²) in [6, 6.07) is 0. The zero-order valence-electron chi connectivity index (χ0n) is 18.0. The van der Waals surface area contributed by atoms with E-state index < -0.39 is 53.4 Å². The number of aliphatic hydroxyl groups excluding tert-OH is 3. The zero-order valence-corrected chi connectivity index (χ0v) is 18.0. The van der Waals surface area contributed by atoms with Gasteiger partial charge in [-0.15, -0.1) is 0 Å². The molecule has 1 saturated heterocycles. The molecule has 7 heteroatoms. The van der Waals surface area contributed by atoms with E-state index in [1.807, 2.05) is 27.7 Å². The summed E-state index contributed by atoms with van der Waals surface area (Å²) in [5.41, 5.74) is -1.76. The van der Waals surface area contributed by atoms with Crippen molar-refractivity contribution in [3.8, 4) is 0 Å². The molecule has 0 bridgehead atoms. The van der Waals surface area contributed by atoms with E-state index in [4.69, 9.17) is 14.2 Å². The first-order chi connectivity index (χ1) is 13.5. The molecule has 29 heavy (non-hydrogen) atoms. The Bertz CT molecular complexity index is 722. The van der Waals surface area contributed by atoms with Gasteiger partial charge in [-0.1, -0.05) is 27.7 Å². The summed E-state index contributed by atoms with van der Waals surface area (Å²) in [4.78, 5) is 13.7. The molecule has 2 saturated carbocycles. The Labute approximate surface area is 172 Å². The third-order valence-electron chi connectivity index (χ3n) is 8.87. The third-order valence-corrected chi connectivity index (χ3v) is 8.87. The Morgan fingerprint density at radius 3 is 2.38 bits per heavy atom. The first kappa shape index (κ1) is 21.2. The molecule has 164 valence electrons. The van der Waals surface area contributed by atoms with Crippen LogP contribution in [0.1, 0.15) is 34.1 Å². The standard InChI is InChI=1S/C22H34O7/c1-9-7-12(27-5)19(26)22(4)14(9)15(24)20-21(3)11(8-13(23)29-20)10(2)17(28-6)16(25)18(21)22/h7,9-11,13-18,20,23-25H,8H2,1-6H3/t9-,10-,11+,13-,14-,15-,16-,17+,18+,20-,21+,22+/m1/s1. The largest absolute Gasteiger partial charge is 0.493 e. The van der Waals surface area contributed by atoms with E-state index in [0.717, 1.165) is 0 Å². The van der Waals surface area contributed by atoms with Crippen LogP contribution in [0.5, 0.6) is 0 Å². The first-order valence-electron chi connectivity index (χ1n) is 10.6. The molecule has 3 aliphatic carbocycles. The van der Waals surface area contributed by atoms with Crippen molar-refractivity contribution in [1.82, 2.24) is 0 Å². The molecule has 0 unspecified atom stereocenters. The van der Waals surface area contributed by atoms with Crippen molar-refractivity contribution in [2.75, 3.05) is 14.2 Å². The lowest BCUT2D eigenvalue weighted by Gasteiger charge is -2.70. The average molecular weight is 411 g/mol. The Morgan fingerprint density at radius 2 is 1.79 bits per heavy atom. The van der Waals surface area contributed by atoms with Gasteiger partial charge >= 0.3 is 0 Å². The van der Waals surface area contributed by atoms with Crippen LogP contribution in [0.25, 0.3) is 0 Å². The smallest absolute Gasteiger partial charge is 0.203 e. The zero-order chi connectivity index (χ0) is 21.5. The fourth-order valence-electron chi connectivity index (χ4n) is 7.89. The van der Waals surface area contributed by atoms with Crippen LogP contribution in [0.3, 0.4) is 0 Å². The molecule has 1 heterocycles. The van der Waals surface area contributed by atoms with E-state index in [9.17, 15) is 20.1 Å². The van der Waals surface area contributed by atoms with Crippen molar-refractivity contribution in [1.29, 1.82) is 0 Å². The number of aliphatic hydroxyl groups is 3. The molecule has 4 aliphatic rings. The molecular formula is C22H34O7. The topological polar surface area (TPSA) is 105 Å². The van der Waals surface area contributed by atoms with Crippen LogP contribution >= 0.6 is 0 Å². The number of fused-ring (bicyclic) bond motifs is 2. The van der Waals surface area contributed by atoms with Gasteiger partial charge < -0.3 is 29.5 Å². The third kappa shape index (κ3) is 2.45. The van der Waals surface area contributed by atoms with E-state index >= 15 is 0 Å². The molecule has 4 rings (SSSR count). The van der Waals surface area contributed by atoms with Crippen LogP contribution in [-0.2, 0) is 19.0 Å². The normalized spacial score (nSPS) is 56.9. The Hall–Kier alpha value is -0.990. The molecule has 0 aromatic heterocycles. The summed E-state index contributed by atoms with van der Waals surface area (Å²) in [6.07, 6.45) is -1.88. The van der Waals surface area contributed by atoms with Gasteiger partial charge in [-0.25, -0.2) is 0 Å². The minimum Gasteiger partial charge on any atom is -0.493 e. The minimum atomic E-state index is -1.05. The summed E-state index contributed by atoms with van der Waals surface area (Å²) in [7, 11) is 3.05. The van der Waals surface area contributed by atoms with Crippen LogP contribution < -0.4 is 0 Å². The molecule has 0 amide bonds. The quantitative estimate of drug-likeness (QED) is 0.626. The summed E-state index contributed by atoms with van der Waals surface area (Å²) in [6.45, 7) is 7.80. The predicted molar refractivity (Wildman–Crippen MR) is 103 cm³/mol. The molecule has 0 spiro atoms. The molecule has 3 fully saturated rings. The van der Waals surface area contributed by atoms with Gasteiger partial charge in [-0.2, -0.15) is 0 Å². The van der Waals surface area contributed by atoms with E-state index in [1.165, 1.54) is 7.11 Å². The fourth-order valence-corrected chi connectivity index (χ4v) is 7.89. The fraction of sp³-hybridized carbons (Fsp3) is 0.864. The maximum absolute atomic E-state index is 13.7. The van der Waals surface area contributed by atoms with E-state index in [0.29, 0.717) is 6.42 Å². The number of methoxy groups -OCH3 is 2. The second kappa shape index (κ2) is 6.76. The minimum absolute atomic E-state index is 0.0711. The van der Waals surface area contributed by atoms with Gasteiger partial charge in [-0.3, -0.25) is 4.79 Å². The van der Waals surface area contributed by atoms with Gasteiger partial charge in [0.05, 0.1) is 31.5 Å². The summed E-state index contributed by atoms with van der Waals surface area (Å²) >= 11 is 0. The lowest BCUT2D eigenvalue weighted by Crippen LogP contribution is -2.77. The molecular weight excluding hydrogens is 376 g/mol. The van der Waals surface area contributed by atoms with Crippen molar-refractivity contribution in [2.24, 2.45) is 40.4 Å². The second-order valence-electron chi connectivity index (χ2n) is 9.97. The van der Waals surface area contributed by atoms with Crippen LogP contribution in [0.15, 0.2) is 11.8 Å². The molecule has 7 nitrogen and oxygen atoms in total. The lowest BCUT2D eigenvalue weighted by molar-refractivity contribution is -0.349. The Balaban J connectivity index is 1.96. The Morgan fingerprint density at radius 1 is 1.14 bits per heavy atom. The number of carbonyl (C=O) groups excluding carboxylic acids is 1. The van der Waals surface area contributed by atoms with E-state index in [-0.39, 0.29) is 29.3 Å². The van der Waals surface area contributed by atoms with Crippen LogP contribution in [0.4, 0.5) is 0 Å². The summed E-state index contributed by atoms with van der Waals surface area (Å²) in [5.74, 6) is -1.22. The number of hydrogen-bond donors (Lipinski definition) is 3. The number of rotatable bonds is 2. The summed E-state index contributed by atoms with van der Waals surface area (Å²) in [5, 5.41) is 33.5. The molecule has 0 aromatic carbocycles. The highest BCUT2D eigenvalue weighted by Gasteiger charge is 2.75. The number of ether oxygens (including phenoxy) is 3. The number of allylic oxidation sites excluding steroid dienone is 2. The van der Waals surface area contributed by atoms with Gasteiger partial charge in [0.25, 0.3) is 0 Å². The maximum Gasteiger partial charge on any atom is 0.203 e. The molecule has 0 aromatic rings. The van der Waals surface area contributed by atoms with Crippen molar-refractivity contribution in [2.45, 2.75) is 64.8 Å². The first-order valence-corrected chi connectivity index (χ1v) is 10.6. The second-order valence-corrected chi connectivity index (χ2v) is 9.97. The van der Waals surface area contributed by atoms with Crippen LogP contribution in [0, 0.1) is 40.4 Å². The van der Waals surface area contributed by atoms with Gasteiger partial charge in [0, 0.05) is 36.2 Å². The van der Waals surface area contributed by atoms with Crippen LogP contribution in [-0.4, -0.2) is 66.0 Å². The average Bonchev–Trinajstić information content (AvgIpc) is 2.65. The maximum atomic E-state index is 13.7. The van der Waals surface area contributed by atoms with E-state index in [2.05, 4.69) is 0 Å². The van der Waals surface area contributed by atoms with Gasteiger partial charge in [0.2, 0.25) is 5.78 Å². The SMILES string of the molecule is COC1=C[C@@H](C)[C@@H]2[C@@H](O)[C@H]3O[C@@H](O)C[C@H]4[C@@H](C)[C@H](OC)[C@@H](O)[C@H]([C@@]2(C)C1=O)[C@@]34C. The van der Waals surface area contributed by atoms with Crippen molar-refractivity contribution in [3.63, 3.8) is 0 Å². The van der Waals surface area contributed by atoms with Gasteiger partial charge in [0.1, 0.15) is 0 Å². The molecule has 3 N–H and O–H groups in total. The Kier molecular flexibility index (Phi) is 4.95. The molecule has 12 atom stereocenters. The highest BCUT2D eigenvalue weighted by atomic mass is 16.6. The number of carbonyl (C=O) groups is 1. The number of hydrogen-bond acceptors (Lipinski definition) is 7. The van der Waals surface area contributed by atoms with Gasteiger partial charge in [0.15, 0.2) is 12.0 Å². The molecule has 0 radical (unpaired) electrons. The predicted octanol–water partition coefficient (Wildman–Crippen LogP) is 1.10. The van der Waals surface area contributed by atoms with Crippen molar-refractivity contribution >= 4 is 5.78 Å². The van der Waals surface area contributed by atoms with Gasteiger partial charge in [-0.05, 0) is 23.8 Å². The number of Topliss-reactive ketones (excluding diaryl/α,β-unsaturated/α-hetero) is 1. The van der Waals surface area contributed by atoms with Crippen molar-refractivity contribution in [3.05, 3.63) is 11.8 Å². The highest BCUT2D eigenvalue weighted by molar-refractivity contribution is 5.99. The van der Waals surface area contributed by atoms with Crippen molar-refractivity contribution < 1.29 is 34.3 Å². The highest BCUT2D eigenvalue weighted by Crippen LogP contribution is 2.68. The van der Waals surface area contributed by atoms with Crippen LogP contribution in [0.2, 0.25) is 0 Å². The van der Waals surface area contributed by atoms with E-state index in [1.54, 1.807) is 13.2 Å². The molecule has 1 aliphatic heterocycles. The monoisotopic (exact) mass is 410 g/mol. The number of ketones is 1. The lowest BCUT2D eigenvalue weighted by atomic mass is 9.37.